The number of nitrogens with zero attached hydrogens (tertiary/aromatic N) is 1. The molecule has 0 saturated heterocycles. The average molecular weight is 1070 g/mol. The van der Waals surface area contributed by atoms with Crippen molar-refractivity contribution in [2.24, 2.45) is 0 Å². The summed E-state index contributed by atoms with van der Waals surface area (Å²) < 4.78 is 13.3. The summed E-state index contributed by atoms with van der Waals surface area (Å²) >= 11 is 0. The summed E-state index contributed by atoms with van der Waals surface area (Å²) in [5.41, 5.74) is 32.3. The van der Waals surface area contributed by atoms with Gasteiger partial charge in [-0.3, -0.25) is 0 Å². The molecule has 402 valence electrons. The molecule has 1 aliphatic heterocycles. The van der Waals surface area contributed by atoms with E-state index < -0.39 is 0 Å². The van der Waals surface area contributed by atoms with Gasteiger partial charge in [0.25, 0.3) is 0 Å². The Kier molecular flexibility index (Phi) is 10.4. The average Bonchev–Trinajstić information content (AvgIpc) is 2.72. The van der Waals surface area contributed by atoms with Crippen LogP contribution in [0.3, 0.4) is 0 Å². The van der Waals surface area contributed by atoms with Crippen LogP contribution < -0.4 is 9.64 Å². The number of furan rings is 1. The SMILES string of the molecule is CC(C)(C)c1ccc(-c2cc3c(c4c2oc2ccccc24)-c2ccc(N(c4ccc5c(c4)C(C)(C)c4cc6c(cc4-5)C(C)(C)c4ccc5c(c4-6)-c4ccccc4OC5)c4c(-c5ccccc5)cccc4-c4ccccc4)cc2C3(C)C)cc1. The highest BCUT2D eigenvalue weighted by Gasteiger charge is 2.45. The molecule has 0 spiro atoms. The Morgan fingerprint density at radius 2 is 0.928 bits per heavy atom. The normalized spacial score (nSPS) is 15.1. The summed E-state index contributed by atoms with van der Waals surface area (Å²) in [4.78, 5) is 2.58. The van der Waals surface area contributed by atoms with Gasteiger partial charge >= 0.3 is 0 Å². The van der Waals surface area contributed by atoms with Crippen molar-refractivity contribution in [3.8, 4) is 83.6 Å². The Bertz CT molecular complexity index is 4660. The molecule has 0 fully saturated rings. The summed E-state index contributed by atoms with van der Waals surface area (Å²) in [6.07, 6.45) is 0. The van der Waals surface area contributed by atoms with Crippen molar-refractivity contribution in [1.29, 1.82) is 0 Å². The maximum absolute atomic E-state index is 6.98. The van der Waals surface area contributed by atoms with Gasteiger partial charge in [-0.25, -0.2) is 0 Å². The van der Waals surface area contributed by atoms with Crippen LogP contribution in [0.5, 0.6) is 5.75 Å². The Hall–Kier alpha value is -9.18. The summed E-state index contributed by atoms with van der Waals surface area (Å²) in [6.45, 7) is 22.0. The number of ether oxygens (including phenoxy) is 1. The van der Waals surface area contributed by atoms with Crippen LogP contribution in [0.1, 0.15) is 107 Å². The first-order valence-corrected chi connectivity index (χ1v) is 29.6. The van der Waals surface area contributed by atoms with E-state index in [4.69, 9.17) is 9.15 Å². The molecule has 83 heavy (non-hydrogen) atoms. The minimum Gasteiger partial charge on any atom is -0.488 e. The number of benzene rings is 11. The van der Waals surface area contributed by atoms with E-state index in [0.717, 1.165) is 50.5 Å². The summed E-state index contributed by atoms with van der Waals surface area (Å²) in [6, 6.07) is 82.0. The molecule has 0 atom stereocenters. The van der Waals surface area contributed by atoms with Crippen molar-refractivity contribution in [2.75, 3.05) is 4.90 Å². The largest absolute Gasteiger partial charge is 0.488 e. The van der Waals surface area contributed by atoms with E-state index in [9.17, 15) is 0 Å². The van der Waals surface area contributed by atoms with Gasteiger partial charge < -0.3 is 14.1 Å². The van der Waals surface area contributed by atoms with Crippen LogP contribution in [0.25, 0.3) is 99.8 Å². The van der Waals surface area contributed by atoms with Gasteiger partial charge in [0.1, 0.15) is 23.5 Å². The first kappa shape index (κ1) is 49.6. The van der Waals surface area contributed by atoms with Gasteiger partial charge in [-0.2, -0.15) is 0 Å². The molecule has 2 heterocycles. The summed E-state index contributed by atoms with van der Waals surface area (Å²) in [5, 5.41) is 2.33. The lowest BCUT2D eigenvalue weighted by atomic mass is 9.79. The van der Waals surface area contributed by atoms with E-state index in [2.05, 4.69) is 286 Å². The van der Waals surface area contributed by atoms with Gasteiger partial charge in [0, 0.05) is 66.2 Å². The Morgan fingerprint density at radius 1 is 0.386 bits per heavy atom. The second-order valence-corrected chi connectivity index (χ2v) is 26.3. The molecule has 11 aromatic carbocycles. The molecule has 0 N–H and O–H groups in total. The van der Waals surface area contributed by atoms with E-state index in [1.807, 2.05) is 0 Å². The van der Waals surface area contributed by atoms with Crippen LogP contribution in [0.2, 0.25) is 0 Å². The lowest BCUT2D eigenvalue weighted by Crippen LogP contribution is -2.19. The molecule has 3 nitrogen and oxygen atoms in total. The number of fused-ring (bicyclic) bond motifs is 17. The van der Waals surface area contributed by atoms with Gasteiger partial charge in [-0.1, -0.05) is 226 Å². The predicted octanol–water partition coefficient (Wildman–Crippen LogP) is 21.8. The van der Waals surface area contributed by atoms with Crippen LogP contribution in [-0.2, 0) is 28.3 Å². The fraction of sp³-hybridized carbons (Fsp3) is 0.175. The van der Waals surface area contributed by atoms with Gasteiger partial charge in [-0.15, -0.1) is 0 Å². The lowest BCUT2D eigenvalue weighted by molar-refractivity contribution is 0.302. The quantitative estimate of drug-likeness (QED) is 0.166. The van der Waals surface area contributed by atoms with E-state index in [-0.39, 0.29) is 21.7 Å². The fourth-order valence-corrected chi connectivity index (χ4v) is 15.1. The molecule has 3 aliphatic carbocycles. The van der Waals surface area contributed by atoms with Crippen molar-refractivity contribution in [3.05, 3.63) is 263 Å². The van der Waals surface area contributed by atoms with E-state index >= 15 is 0 Å². The third-order valence-electron chi connectivity index (χ3n) is 19.5. The minimum atomic E-state index is -0.372. The molecule has 0 amide bonds. The summed E-state index contributed by atoms with van der Waals surface area (Å²) in [7, 11) is 0. The fourth-order valence-electron chi connectivity index (χ4n) is 15.1. The second kappa shape index (κ2) is 17.4. The topological polar surface area (TPSA) is 25.6 Å². The Morgan fingerprint density at radius 3 is 1.63 bits per heavy atom. The van der Waals surface area contributed by atoms with Gasteiger partial charge in [0.05, 0.1) is 5.69 Å². The van der Waals surface area contributed by atoms with Crippen molar-refractivity contribution in [1.82, 2.24) is 0 Å². The number of hydrogen-bond donors (Lipinski definition) is 0. The molecule has 0 saturated carbocycles. The first-order chi connectivity index (χ1) is 40.1. The van der Waals surface area contributed by atoms with Crippen LogP contribution in [0.4, 0.5) is 17.1 Å². The molecule has 0 unspecified atom stereocenters. The van der Waals surface area contributed by atoms with Crippen molar-refractivity contribution < 1.29 is 9.15 Å². The maximum atomic E-state index is 6.98. The van der Waals surface area contributed by atoms with Crippen molar-refractivity contribution in [3.63, 3.8) is 0 Å². The Balaban J connectivity index is 0.909. The third kappa shape index (κ3) is 7.10. The standard InChI is InChI=1S/C80H65NO2/c1-77(2,3)51-34-31-49(32-35-51)60-43-68-72(74-59-26-17-19-30-70(59)83-76(60)74)57-39-37-53(42-65(57)80(68,8)9)81(75-54(47-21-12-10-13-22-47)27-20-28-55(75)48-23-14-11-15-24-48)52-36-38-56-61-44-67-62(45-66(61)79(6,7)64(56)41-52)73-63(78(67,4)5)40-33-50-46-82-69-29-18-16-25-58(69)71(50)73/h10-45H,46H2,1-9H3. The molecular weight excluding hydrogens is 1010 g/mol. The van der Waals surface area contributed by atoms with Crippen LogP contribution in [0, 0.1) is 0 Å². The zero-order valence-electron chi connectivity index (χ0n) is 48.8. The van der Waals surface area contributed by atoms with E-state index in [0.29, 0.717) is 6.61 Å². The van der Waals surface area contributed by atoms with Crippen LogP contribution in [0.15, 0.2) is 223 Å². The zero-order valence-corrected chi connectivity index (χ0v) is 48.8. The molecule has 0 radical (unpaired) electrons. The molecule has 0 bridgehead atoms. The molecule has 16 rings (SSSR count). The molecular formula is C80H65NO2. The van der Waals surface area contributed by atoms with E-state index in [1.54, 1.807) is 0 Å². The third-order valence-corrected chi connectivity index (χ3v) is 19.5. The number of hydrogen-bond acceptors (Lipinski definition) is 3. The van der Waals surface area contributed by atoms with Crippen LogP contribution in [-0.4, -0.2) is 0 Å². The predicted molar refractivity (Wildman–Crippen MR) is 346 cm³/mol. The zero-order chi connectivity index (χ0) is 56.5. The number of anilines is 3. The molecule has 1 aromatic heterocycles. The second-order valence-electron chi connectivity index (χ2n) is 26.3. The smallest absolute Gasteiger partial charge is 0.143 e. The lowest BCUT2D eigenvalue weighted by Gasteiger charge is -2.33. The highest BCUT2D eigenvalue weighted by Crippen LogP contribution is 2.62. The van der Waals surface area contributed by atoms with Crippen molar-refractivity contribution >= 4 is 39.0 Å². The monoisotopic (exact) mass is 1070 g/mol. The first-order valence-electron chi connectivity index (χ1n) is 29.6. The molecule has 12 aromatic rings. The highest BCUT2D eigenvalue weighted by molar-refractivity contribution is 6.19. The minimum absolute atomic E-state index is 0.0424. The highest BCUT2D eigenvalue weighted by atomic mass is 16.5. The van der Waals surface area contributed by atoms with Crippen molar-refractivity contribution in [2.45, 2.75) is 90.6 Å². The Labute approximate surface area is 487 Å². The van der Waals surface area contributed by atoms with Gasteiger partial charge in [-0.05, 0) is 155 Å². The number of para-hydroxylation sites is 3. The molecule has 3 heteroatoms. The van der Waals surface area contributed by atoms with Crippen LogP contribution >= 0.6 is 0 Å². The van der Waals surface area contributed by atoms with E-state index in [1.165, 1.54) is 117 Å². The molecule has 4 aliphatic rings. The summed E-state index contributed by atoms with van der Waals surface area (Å²) in [5.74, 6) is 0.960. The van der Waals surface area contributed by atoms with Gasteiger partial charge in [0.2, 0.25) is 0 Å². The number of rotatable bonds is 6. The maximum Gasteiger partial charge on any atom is 0.143 e. The van der Waals surface area contributed by atoms with Gasteiger partial charge in [0.15, 0.2) is 0 Å².